The largest absolute Gasteiger partial charge is 0.326 e. The van der Waals surface area contributed by atoms with Gasteiger partial charge in [0.25, 0.3) is 0 Å². The van der Waals surface area contributed by atoms with E-state index in [0.29, 0.717) is 16.1 Å². The van der Waals surface area contributed by atoms with E-state index in [9.17, 15) is 9.59 Å². The molecule has 0 saturated carbocycles. The van der Waals surface area contributed by atoms with E-state index in [-0.39, 0.29) is 17.1 Å². The minimum atomic E-state index is -0.275. The highest BCUT2D eigenvalue weighted by Crippen LogP contribution is 2.38. The highest BCUT2D eigenvalue weighted by Gasteiger charge is 2.34. The monoisotopic (exact) mass is 474 g/mol. The van der Waals surface area contributed by atoms with Gasteiger partial charge in [-0.1, -0.05) is 29.8 Å². The summed E-state index contributed by atoms with van der Waals surface area (Å²) in [5.74, 6) is 0.390. The third-order valence-electron chi connectivity index (χ3n) is 5.81. The van der Waals surface area contributed by atoms with Gasteiger partial charge in [0.15, 0.2) is 17.4 Å². The number of hydrogen-bond donors (Lipinski definition) is 0. The second-order valence-electron chi connectivity index (χ2n) is 7.85. The first-order valence-corrected chi connectivity index (χ1v) is 12.0. The van der Waals surface area contributed by atoms with Crippen molar-refractivity contribution in [2.45, 2.75) is 6.92 Å². The van der Waals surface area contributed by atoms with Gasteiger partial charge < -0.3 is 4.57 Å². The lowest BCUT2D eigenvalue weighted by atomic mass is 10.1. The number of aryl methyl sites for hydroxylation is 2. The molecule has 5 aromatic rings. The van der Waals surface area contributed by atoms with Crippen LogP contribution in [0.5, 0.6) is 0 Å². The molecule has 2 aromatic carbocycles. The van der Waals surface area contributed by atoms with Crippen molar-refractivity contribution in [1.82, 2.24) is 9.55 Å². The molecule has 4 nitrogen and oxygen atoms in total. The maximum Gasteiger partial charge on any atom is 0.197 e. The van der Waals surface area contributed by atoms with E-state index in [1.54, 1.807) is 29.5 Å². The molecule has 0 unspecified atom stereocenters. The topological polar surface area (TPSA) is 52.0 Å². The van der Waals surface area contributed by atoms with Crippen LogP contribution < -0.4 is 0 Å². The van der Waals surface area contributed by atoms with Crippen LogP contribution >= 0.6 is 34.3 Å². The van der Waals surface area contributed by atoms with E-state index in [2.05, 4.69) is 22.8 Å². The predicted octanol–water partition coefficient (Wildman–Crippen LogP) is 6.94. The number of carbonyl (C=O) groups is 2. The summed E-state index contributed by atoms with van der Waals surface area (Å²) in [5, 5.41) is 1.70. The predicted molar refractivity (Wildman–Crippen MR) is 132 cm³/mol. The first-order chi connectivity index (χ1) is 15.4. The number of nitrogens with zero attached hydrogens (tertiary/aromatic N) is 2. The molecule has 6 rings (SSSR count). The van der Waals surface area contributed by atoms with E-state index < -0.39 is 0 Å². The van der Waals surface area contributed by atoms with Gasteiger partial charge in [0.2, 0.25) is 0 Å². The van der Waals surface area contributed by atoms with Gasteiger partial charge in [0, 0.05) is 32.8 Å². The van der Waals surface area contributed by atoms with Crippen LogP contribution in [0.3, 0.4) is 0 Å². The standard InChI is InChI=1S/C25H15ClN2O2S2/c1-12-7-15-16(11-18(12)26)23(30)17(22(15)29)9-14-10-19-25(31-14)27-24(28(19)2)21-8-13-5-3-4-6-20(13)32-21/h3-11H,1-2H3/b17-9-. The van der Waals surface area contributed by atoms with Crippen molar-refractivity contribution in [1.29, 1.82) is 0 Å². The molecule has 0 aliphatic heterocycles. The van der Waals surface area contributed by atoms with Crippen molar-refractivity contribution in [3.8, 4) is 10.7 Å². The van der Waals surface area contributed by atoms with E-state index in [1.807, 2.05) is 32.2 Å². The number of carbonyl (C=O) groups excluding carboxylic acids is 2. The molecule has 0 atom stereocenters. The second kappa shape index (κ2) is 6.97. The summed E-state index contributed by atoms with van der Waals surface area (Å²) in [4.78, 5) is 33.4. The van der Waals surface area contributed by atoms with Crippen LogP contribution in [-0.2, 0) is 7.05 Å². The number of hydrogen-bond acceptors (Lipinski definition) is 5. The number of allylic oxidation sites excluding steroid dienone is 1. The average molecular weight is 475 g/mol. The molecule has 1 aliphatic carbocycles. The number of rotatable bonds is 2. The zero-order valence-electron chi connectivity index (χ0n) is 17.1. The van der Waals surface area contributed by atoms with E-state index in [0.717, 1.165) is 31.5 Å². The van der Waals surface area contributed by atoms with E-state index >= 15 is 0 Å². The molecule has 0 saturated heterocycles. The zero-order valence-corrected chi connectivity index (χ0v) is 19.5. The second-order valence-corrected chi connectivity index (χ2v) is 10.4. The fraction of sp³-hybridized carbons (Fsp3) is 0.0800. The lowest BCUT2D eigenvalue weighted by Gasteiger charge is -2.00. The molecule has 3 aromatic heterocycles. The van der Waals surface area contributed by atoms with Crippen LogP contribution in [0.15, 0.2) is 54.1 Å². The fourth-order valence-corrected chi connectivity index (χ4v) is 6.36. The number of Topliss-reactive ketones (excluding diaryl/α,β-unsaturated/α-hetero) is 2. The van der Waals surface area contributed by atoms with Crippen molar-refractivity contribution < 1.29 is 9.59 Å². The first kappa shape index (κ1) is 19.6. The molecule has 32 heavy (non-hydrogen) atoms. The Labute approximate surface area is 196 Å². The minimum Gasteiger partial charge on any atom is -0.326 e. The summed E-state index contributed by atoms with van der Waals surface area (Å²) in [6.45, 7) is 1.83. The highest BCUT2D eigenvalue weighted by atomic mass is 35.5. The molecule has 0 radical (unpaired) electrons. The molecule has 3 heterocycles. The third-order valence-corrected chi connectivity index (χ3v) is 8.29. The van der Waals surface area contributed by atoms with Crippen LogP contribution in [0.25, 0.3) is 37.2 Å². The van der Waals surface area contributed by atoms with Crippen LogP contribution in [0.1, 0.15) is 31.2 Å². The Morgan fingerprint density at radius 1 is 1.00 bits per heavy atom. The molecule has 0 fully saturated rings. The maximum absolute atomic E-state index is 12.9. The fourth-order valence-electron chi connectivity index (χ4n) is 4.10. The molecule has 1 aliphatic rings. The summed E-state index contributed by atoms with van der Waals surface area (Å²) >= 11 is 9.36. The van der Waals surface area contributed by atoms with Crippen molar-refractivity contribution in [2.75, 3.05) is 0 Å². The summed E-state index contributed by atoms with van der Waals surface area (Å²) in [6.07, 6.45) is 1.68. The lowest BCUT2D eigenvalue weighted by molar-refractivity contribution is 0.0990. The number of ketones is 2. The molecular formula is C25H15ClN2O2S2. The molecule has 156 valence electrons. The van der Waals surface area contributed by atoms with E-state index in [4.69, 9.17) is 16.6 Å². The molecule has 0 bridgehead atoms. The van der Waals surface area contributed by atoms with Gasteiger partial charge in [-0.25, -0.2) is 4.98 Å². The number of thiophene rings is 2. The van der Waals surface area contributed by atoms with Gasteiger partial charge in [0.1, 0.15) is 4.83 Å². The van der Waals surface area contributed by atoms with Gasteiger partial charge in [0.05, 0.1) is 16.0 Å². The van der Waals surface area contributed by atoms with E-state index in [1.165, 1.54) is 21.4 Å². The van der Waals surface area contributed by atoms with Crippen molar-refractivity contribution in [3.05, 3.63) is 80.7 Å². The SMILES string of the molecule is Cc1cc2c(cc1Cl)C(=O)/C(=C\c1cc3c(nc(-c4cc5ccccc5s4)n3C)s1)C2=O. The average Bonchev–Trinajstić information content (AvgIpc) is 3.50. The molecule has 7 heteroatoms. The number of imidazole rings is 1. The molecular weight excluding hydrogens is 460 g/mol. The summed E-state index contributed by atoms with van der Waals surface area (Å²) in [5.41, 5.74) is 2.74. The quantitative estimate of drug-likeness (QED) is 0.205. The van der Waals surface area contributed by atoms with Gasteiger partial charge in [-0.05, 0) is 54.3 Å². The van der Waals surface area contributed by atoms with Crippen molar-refractivity contribution in [2.24, 2.45) is 7.05 Å². The van der Waals surface area contributed by atoms with Crippen molar-refractivity contribution in [3.63, 3.8) is 0 Å². The third kappa shape index (κ3) is 2.84. The highest BCUT2D eigenvalue weighted by molar-refractivity contribution is 7.22. The molecule has 0 spiro atoms. The van der Waals surface area contributed by atoms with Crippen LogP contribution in [-0.4, -0.2) is 21.1 Å². The number of halogens is 1. The summed E-state index contributed by atoms with van der Waals surface area (Å²) in [7, 11) is 1.99. The van der Waals surface area contributed by atoms with Crippen LogP contribution in [0.4, 0.5) is 0 Å². The van der Waals surface area contributed by atoms with Crippen molar-refractivity contribution >= 4 is 72.4 Å². The smallest absolute Gasteiger partial charge is 0.197 e. The molecule has 0 amide bonds. The Morgan fingerprint density at radius 2 is 1.75 bits per heavy atom. The Balaban J connectivity index is 1.40. The lowest BCUT2D eigenvalue weighted by Crippen LogP contribution is -1.99. The van der Waals surface area contributed by atoms with Gasteiger partial charge in [-0.15, -0.1) is 22.7 Å². The Hall–Kier alpha value is -3.06. The summed E-state index contributed by atoms with van der Waals surface area (Å²) in [6, 6.07) is 15.7. The van der Waals surface area contributed by atoms with Gasteiger partial charge >= 0.3 is 0 Å². The van der Waals surface area contributed by atoms with Gasteiger partial charge in [-0.3, -0.25) is 9.59 Å². The Bertz CT molecular complexity index is 1580. The number of fused-ring (bicyclic) bond motifs is 3. The Kier molecular flexibility index (Phi) is 4.27. The Morgan fingerprint density at radius 3 is 2.50 bits per heavy atom. The minimum absolute atomic E-state index is 0.179. The molecule has 0 N–H and O–H groups in total. The maximum atomic E-state index is 12.9. The van der Waals surface area contributed by atoms with Crippen LogP contribution in [0, 0.1) is 6.92 Å². The van der Waals surface area contributed by atoms with Crippen LogP contribution in [0.2, 0.25) is 5.02 Å². The summed E-state index contributed by atoms with van der Waals surface area (Å²) < 4.78 is 3.29. The number of benzene rings is 2. The first-order valence-electron chi connectivity index (χ1n) is 9.97. The van der Waals surface area contributed by atoms with Gasteiger partial charge in [-0.2, -0.15) is 0 Å². The normalized spacial score (nSPS) is 14.9. The number of aromatic nitrogens is 2. The zero-order chi connectivity index (χ0) is 22.1.